The number of halogens is 2. The summed E-state index contributed by atoms with van der Waals surface area (Å²) in [6, 6.07) is 2.20. The van der Waals surface area contributed by atoms with Gasteiger partial charge in [0.15, 0.2) is 0 Å². The summed E-state index contributed by atoms with van der Waals surface area (Å²) in [6.07, 6.45) is 2.65. The zero-order valence-electron chi connectivity index (χ0n) is 12.2. The molecule has 0 fully saturated rings. The third-order valence-electron chi connectivity index (χ3n) is 3.35. The summed E-state index contributed by atoms with van der Waals surface area (Å²) in [6.45, 7) is 7.26. The number of nitrogens with one attached hydrogen (secondary N) is 1. The smallest absolute Gasteiger partial charge is 0.231 e. The highest BCUT2D eigenvalue weighted by Gasteiger charge is 2.24. The minimum absolute atomic E-state index is 0.195. The topological polar surface area (TPSA) is 63.8 Å². The van der Waals surface area contributed by atoms with E-state index in [4.69, 9.17) is 4.52 Å². The maximum Gasteiger partial charge on any atom is 0.231 e. The molecule has 2 atom stereocenters. The van der Waals surface area contributed by atoms with Gasteiger partial charge in [-0.15, -0.1) is 0 Å². The number of aromatic nitrogens is 3. The van der Waals surface area contributed by atoms with E-state index < -0.39 is 0 Å². The lowest BCUT2D eigenvalue weighted by atomic mass is 9.98. The summed E-state index contributed by atoms with van der Waals surface area (Å²) in [4.78, 5) is 8.85. The minimum Gasteiger partial charge on any atom is -0.339 e. The van der Waals surface area contributed by atoms with Gasteiger partial charge in [0.25, 0.3) is 0 Å². The van der Waals surface area contributed by atoms with Crippen molar-refractivity contribution in [1.29, 1.82) is 0 Å². The Morgan fingerprint density at radius 1 is 1.33 bits per heavy atom. The highest BCUT2D eigenvalue weighted by molar-refractivity contribution is 9.11. The van der Waals surface area contributed by atoms with Crippen LogP contribution in [0.25, 0.3) is 11.5 Å². The van der Waals surface area contributed by atoms with Gasteiger partial charge in [0, 0.05) is 21.2 Å². The van der Waals surface area contributed by atoms with Crippen molar-refractivity contribution in [2.24, 2.45) is 0 Å². The highest BCUT2D eigenvalue weighted by Crippen LogP contribution is 2.29. The average molecular weight is 418 g/mol. The van der Waals surface area contributed by atoms with Gasteiger partial charge in [-0.05, 0) is 57.8 Å². The molecule has 5 nitrogen and oxygen atoms in total. The van der Waals surface area contributed by atoms with Crippen LogP contribution in [-0.4, -0.2) is 27.7 Å². The predicted molar refractivity (Wildman–Crippen MR) is 89.1 cm³/mol. The fourth-order valence-electron chi connectivity index (χ4n) is 2.27. The van der Waals surface area contributed by atoms with Gasteiger partial charge in [-0.25, -0.2) is 0 Å². The van der Waals surface area contributed by atoms with E-state index in [9.17, 15) is 0 Å². The van der Waals surface area contributed by atoms with Crippen LogP contribution in [0, 0.1) is 0 Å². The molecule has 0 aliphatic rings. The van der Waals surface area contributed by atoms with Crippen LogP contribution in [0.15, 0.2) is 25.7 Å². The molecule has 1 N–H and O–H groups in total. The number of hydrogen-bond donors (Lipinski definition) is 1. The van der Waals surface area contributed by atoms with E-state index in [0.717, 1.165) is 21.9 Å². The van der Waals surface area contributed by atoms with Crippen LogP contribution in [0.1, 0.15) is 39.0 Å². The first-order valence-corrected chi connectivity index (χ1v) is 8.53. The maximum absolute atomic E-state index is 5.45. The van der Waals surface area contributed by atoms with Crippen molar-refractivity contribution in [2.75, 3.05) is 6.54 Å². The lowest BCUT2D eigenvalue weighted by molar-refractivity contribution is 0.318. The van der Waals surface area contributed by atoms with E-state index in [1.54, 1.807) is 6.20 Å². The second-order valence-electron chi connectivity index (χ2n) is 4.80. The first kappa shape index (κ1) is 16.6. The standard InChI is InChI=1S/C14H18Br2N4O/c1-4-10(8(3)17-5-2)14-19-13(20-21-14)12-11(16)6-9(15)7-18-12/h6-8,10,17H,4-5H2,1-3H3. The van der Waals surface area contributed by atoms with Gasteiger partial charge in [-0.2, -0.15) is 4.98 Å². The number of pyridine rings is 1. The van der Waals surface area contributed by atoms with Crippen molar-refractivity contribution >= 4 is 31.9 Å². The molecule has 0 bridgehead atoms. The summed E-state index contributed by atoms with van der Waals surface area (Å²) < 4.78 is 7.18. The van der Waals surface area contributed by atoms with Crippen LogP contribution in [0.2, 0.25) is 0 Å². The third-order valence-corrected chi connectivity index (χ3v) is 4.39. The molecule has 0 saturated carbocycles. The summed E-state index contributed by atoms with van der Waals surface area (Å²) >= 11 is 6.85. The second kappa shape index (κ2) is 7.47. The van der Waals surface area contributed by atoms with E-state index in [1.807, 2.05) is 6.07 Å². The average Bonchev–Trinajstić information content (AvgIpc) is 2.89. The number of hydrogen-bond acceptors (Lipinski definition) is 5. The van der Waals surface area contributed by atoms with E-state index in [1.165, 1.54) is 0 Å². The summed E-state index contributed by atoms with van der Waals surface area (Å²) in [5, 5.41) is 7.47. The molecule has 2 rings (SSSR count). The molecular weight excluding hydrogens is 400 g/mol. The summed E-state index contributed by atoms with van der Waals surface area (Å²) in [5.74, 6) is 1.35. The minimum atomic E-state index is 0.195. The zero-order valence-corrected chi connectivity index (χ0v) is 15.4. The van der Waals surface area contributed by atoms with Gasteiger partial charge < -0.3 is 9.84 Å². The molecular formula is C14H18Br2N4O. The monoisotopic (exact) mass is 416 g/mol. The Bertz CT molecular complexity index is 602. The Hall–Kier alpha value is -0.790. The predicted octanol–water partition coefficient (Wildman–Crippen LogP) is 4.15. The van der Waals surface area contributed by atoms with E-state index in [0.29, 0.717) is 17.4 Å². The maximum atomic E-state index is 5.45. The Labute approximate surface area is 141 Å². The quantitative estimate of drug-likeness (QED) is 0.764. The number of nitrogens with zero attached hydrogens (tertiary/aromatic N) is 3. The molecule has 2 unspecified atom stereocenters. The van der Waals surface area contributed by atoms with Crippen LogP contribution in [0.5, 0.6) is 0 Å². The Balaban J connectivity index is 2.28. The molecule has 0 saturated heterocycles. The number of likely N-dealkylation sites (N-methyl/N-ethyl adjacent to an activating group) is 1. The molecule has 0 spiro atoms. The lowest BCUT2D eigenvalue weighted by Crippen LogP contribution is -2.31. The second-order valence-corrected chi connectivity index (χ2v) is 6.57. The van der Waals surface area contributed by atoms with Crippen molar-refractivity contribution in [2.45, 2.75) is 39.2 Å². The zero-order chi connectivity index (χ0) is 15.4. The summed E-state index contributed by atoms with van der Waals surface area (Å²) in [7, 11) is 0. The van der Waals surface area contributed by atoms with Gasteiger partial charge in [-0.3, -0.25) is 4.98 Å². The normalized spacial score (nSPS) is 14.1. The molecule has 0 radical (unpaired) electrons. The van der Waals surface area contributed by atoms with Gasteiger partial charge in [-0.1, -0.05) is 19.0 Å². The van der Waals surface area contributed by atoms with Gasteiger partial charge in [0.1, 0.15) is 5.69 Å². The van der Waals surface area contributed by atoms with Gasteiger partial charge in [0.2, 0.25) is 11.7 Å². The Morgan fingerprint density at radius 2 is 2.10 bits per heavy atom. The van der Waals surface area contributed by atoms with Crippen molar-refractivity contribution in [1.82, 2.24) is 20.4 Å². The lowest BCUT2D eigenvalue weighted by Gasteiger charge is -2.19. The Morgan fingerprint density at radius 3 is 2.71 bits per heavy atom. The molecule has 0 aliphatic heterocycles. The molecule has 2 heterocycles. The van der Waals surface area contributed by atoms with Crippen LogP contribution in [0.4, 0.5) is 0 Å². The van der Waals surface area contributed by atoms with Crippen LogP contribution >= 0.6 is 31.9 Å². The van der Waals surface area contributed by atoms with E-state index >= 15 is 0 Å². The fraction of sp³-hybridized carbons (Fsp3) is 0.500. The molecule has 2 aromatic heterocycles. The van der Waals surface area contributed by atoms with Crippen molar-refractivity contribution in [3.05, 3.63) is 27.1 Å². The highest BCUT2D eigenvalue weighted by atomic mass is 79.9. The SMILES string of the molecule is CCNC(C)C(CC)c1nc(-c2ncc(Br)cc2Br)no1. The van der Waals surface area contributed by atoms with Crippen molar-refractivity contribution < 1.29 is 4.52 Å². The molecule has 114 valence electrons. The number of rotatable bonds is 6. The fourth-order valence-corrected chi connectivity index (χ4v) is 3.43. The van der Waals surface area contributed by atoms with Crippen molar-refractivity contribution in [3.63, 3.8) is 0 Å². The summed E-state index contributed by atoms with van der Waals surface area (Å²) in [5.41, 5.74) is 0.680. The van der Waals surface area contributed by atoms with Crippen LogP contribution in [0.3, 0.4) is 0 Å². The Kier molecular flexibility index (Phi) is 5.89. The van der Waals surface area contributed by atoms with Gasteiger partial charge >= 0.3 is 0 Å². The first-order chi connectivity index (χ1) is 10.1. The molecule has 7 heteroatoms. The van der Waals surface area contributed by atoms with E-state index in [2.05, 4.69) is 73.1 Å². The van der Waals surface area contributed by atoms with Crippen LogP contribution < -0.4 is 5.32 Å². The molecule has 0 aliphatic carbocycles. The van der Waals surface area contributed by atoms with Crippen LogP contribution in [-0.2, 0) is 0 Å². The van der Waals surface area contributed by atoms with E-state index in [-0.39, 0.29) is 12.0 Å². The molecule has 0 aromatic carbocycles. The van der Waals surface area contributed by atoms with Crippen molar-refractivity contribution in [3.8, 4) is 11.5 Å². The molecule has 21 heavy (non-hydrogen) atoms. The molecule has 2 aromatic rings. The van der Waals surface area contributed by atoms with Gasteiger partial charge in [0.05, 0.1) is 5.92 Å². The largest absolute Gasteiger partial charge is 0.339 e. The third kappa shape index (κ3) is 3.90. The molecule has 0 amide bonds. The first-order valence-electron chi connectivity index (χ1n) is 6.95.